The zero-order valence-corrected chi connectivity index (χ0v) is 9.32. The van der Waals surface area contributed by atoms with Crippen LogP contribution in [0.3, 0.4) is 0 Å². The van der Waals surface area contributed by atoms with Crippen LogP contribution in [0.5, 0.6) is 0 Å². The second kappa shape index (κ2) is 4.97. The maximum absolute atomic E-state index is 10.8. The summed E-state index contributed by atoms with van der Waals surface area (Å²) < 4.78 is 0. The number of rotatable bonds is 3. The van der Waals surface area contributed by atoms with Gasteiger partial charge in [-0.05, 0) is 32.2 Å². The molecular weight excluding hydrogens is 190 g/mol. The Hall–Kier alpha value is -0.570. The third-order valence-corrected chi connectivity index (χ3v) is 3.88. The van der Waals surface area contributed by atoms with E-state index in [1.165, 1.54) is 38.5 Å². The highest BCUT2D eigenvalue weighted by Gasteiger charge is 2.32. The molecule has 1 saturated carbocycles. The maximum Gasteiger partial charge on any atom is 0.304 e. The first-order valence-corrected chi connectivity index (χ1v) is 6.25. The molecule has 0 radical (unpaired) electrons. The highest BCUT2D eigenvalue weighted by Crippen LogP contribution is 2.31. The van der Waals surface area contributed by atoms with E-state index in [2.05, 4.69) is 4.90 Å². The molecule has 1 atom stereocenters. The molecule has 1 saturated heterocycles. The molecule has 86 valence electrons. The van der Waals surface area contributed by atoms with Gasteiger partial charge in [-0.25, -0.2) is 0 Å². The molecule has 0 aromatic rings. The van der Waals surface area contributed by atoms with E-state index in [-0.39, 0.29) is 0 Å². The number of likely N-dealkylation sites (tertiary alicyclic amines) is 1. The number of carboxylic acid groups (broad SMARTS) is 1. The summed E-state index contributed by atoms with van der Waals surface area (Å²) in [5, 5.41) is 8.92. The summed E-state index contributed by atoms with van der Waals surface area (Å²) in [7, 11) is 0. The molecule has 0 spiro atoms. The quantitative estimate of drug-likeness (QED) is 0.778. The third kappa shape index (κ3) is 2.71. The van der Waals surface area contributed by atoms with Crippen molar-refractivity contribution < 1.29 is 9.90 Å². The molecule has 1 heterocycles. The van der Waals surface area contributed by atoms with Crippen molar-refractivity contribution in [2.75, 3.05) is 6.54 Å². The minimum absolute atomic E-state index is 0.315. The van der Waals surface area contributed by atoms with Gasteiger partial charge in [-0.3, -0.25) is 9.69 Å². The molecular formula is C12H21NO2. The Morgan fingerprint density at radius 2 is 1.93 bits per heavy atom. The monoisotopic (exact) mass is 211 g/mol. The lowest BCUT2D eigenvalue weighted by Crippen LogP contribution is -2.47. The van der Waals surface area contributed by atoms with Crippen LogP contribution in [0.2, 0.25) is 0 Å². The molecule has 3 heteroatoms. The standard InChI is InChI=1S/C12H21NO2/c14-12(15)9-11-5-2-1-3-8-13(11)10-6-4-7-10/h10-11H,1-9H2,(H,14,15). The molecule has 3 nitrogen and oxygen atoms in total. The lowest BCUT2D eigenvalue weighted by atomic mass is 9.89. The second-order valence-corrected chi connectivity index (χ2v) is 4.92. The van der Waals surface area contributed by atoms with Crippen molar-refractivity contribution in [1.82, 2.24) is 4.90 Å². The Kier molecular flexibility index (Phi) is 3.62. The SMILES string of the molecule is O=C(O)CC1CCCCCN1C1CCC1. The molecule has 1 aliphatic carbocycles. The Bertz CT molecular complexity index is 226. The van der Waals surface area contributed by atoms with E-state index in [1.807, 2.05) is 0 Å². The van der Waals surface area contributed by atoms with Gasteiger partial charge >= 0.3 is 5.97 Å². The van der Waals surface area contributed by atoms with E-state index in [0.717, 1.165) is 13.0 Å². The average molecular weight is 211 g/mol. The van der Waals surface area contributed by atoms with Gasteiger partial charge in [0.25, 0.3) is 0 Å². The fraction of sp³-hybridized carbons (Fsp3) is 0.917. The molecule has 0 aromatic carbocycles. The molecule has 1 aliphatic heterocycles. The van der Waals surface area contributed by atoms with Crippen molar-refractivity contribution in [3.63, 3.8) is 0 Å². The summed E-state index contributed by atoms with van der Waals surface area (Å²) in [6, 6.07) is 1.02. The number of carboxylic acids is 1. The molecule has 0 aromatic heterocycles. The van der Waals surface area contributed by atoms with E-state index in [9.17, 15) is 4.79 Å². The molecule has 2 aliphatic rings. The largest absolute Gasteiger partial charge is 0.481 e. The predicted octanol–water partition coefficient (Wildman–Crippen LogP) is 2.26. The zero-order valence-electron chi connectivity index (χ0n) is 9.32. The summed E-state index contributed by atoms with van der Waals surface area (Å²) in [6.07, 6.45) is 9.08. The molecule has 1 unspecified atom stereocenters. The lowest BCUT2D eigenvalue weighted by molar-refractivity contribution is -0.138. The zero-order chi connectivity index (χ0) is 10.7. The van der Waals surface area contributed by atoms with Crippen molar-refractivity contribution in [3.05, 3.63) is 0 Å². The van der Waals surface area contributed by atoms with Gasteiger partial charge in [0.05, 0.1) is 6.42 Å². The molecule has 0 amide bonds. The number of carbonyl (C=O) groups is 1. The van der Waals surface area contributed by atoms with Gasteiger partial charge in [-0.15, -0.1) is 0 Å². The van der Waals surface area contributed by atoms with Crippen LogP contribution in [-0.2, 0) is 4.79 Å². The van der Waals surface area contributed by atoms with Crippen LogP contribution in [0, 0.1) is 0 Å². The summed E-state index contributed by atoms with van der Waals surface area (Å²) in [4.78, 5) is 13.3. The number of aliphatic carboxylic acids is 1. The van der Waals surface area contributed by atoms with Crippen molar-refractivity contribution in [2.45, 2.75) is 63.5 Å². The highest BCUT2D eigenvalue weighted by molar-refractivity contribution is 5.67. The van der Waals surface area contributed by atoms with Crippen LogP contribution in [0.15, 0.2) is 0 Å². The van der Waals surface area contributed by atoms with Crippen molar-refractivity contribution >= 4 is 5.97 Å². The van der Waals surface area contributed by atoms with E-state index < -0.39 is 5.97 Å². The van der Waals surface area contributed by atoms with Crippen molar-refractivity contribution in [2.24, 2.45) is 0 Å². The summed E-state index contributed by atoms with van der Waals surface area (Å²) >= 11 is 0. The fourth-order valence-corrected chi connectivity index (χ4v) is 2.82. The van der Waals surface area contributed by atoms with Crippen molar-refractivity contribution in [3.8, 4) is 0 Å². The lowest BCUT2D eigenvalue weighted by Gasteiger charge is -2.41. The normalized spacial score (nSPS) is 29.5. The highest BCUT2D eigenvalue weighted by atomic mass is 16.4. The van der Waals surface area contributed by atoms with Gasteiger partial charge in [0.2, 0.25) is 0 Å². The third-order valence-electron chi connectivity index (χ3n) is 3.88. The van der Waals surface area contributed by atoms with Crippen LogP contribution in [0.4, 0.5) is 0 Å². The van der Waals surface area contributed by atoms with Crippen LogP contribution >= 0.6 is 0 Å². The minimum Gasteiger partial charge on any atom is -0.481 e. The average Bonchev–Trinajstić information content (AvgIpc) is 2.28. The number of hydrogen-bond acceptors (Lipinski definition) is 2. The van der Waals surface area contributed by atoms with E-state index in [0.29, 0.717) is 18.5 Å². The number of nitrogens with zero attached hydrogens (tertiary/aromatic N) is 1. The first-order chi connectivity index (χ1) is 7.27. The van der Waals surface area contributed by atoms with Gasteiger partial charge in [0.15, 0.2) is 0 Å². The second-order valence-electron chi connectivity index (χ2n) is 4.92. The van der Waals surface area contributed by atoms with Gasteiger partial charge in [0.1, 0.15) is 0 Å². The molecule has 15 heavy (non-hydrogen) atoms. The van der Waals surface area contributed by atoms with Gasteiger partial charge in [0, 0.05) is 12.1 Å². The summed E-state index contributed by atoms with van der Waals surface area (Å²) in [5.74, 6) is -0.633. The Balaban J connectivity index is 1.96. The van der Waals surface area contributed by atoms with Crippen LogP contribution in [-0.4, -0.2) is 34.6 Å². The fourth-order valence-electron chi connectivity index (χ4n) is 2.82. The van der Waals surface area contributed by atoms with Crippen molar-refractivity contribution in [1.29, 1.82) is 0 Å². The summed E-state index contributed by atoms with van der Waals surface area (Å²) in [5.41, 5.74) is 0. The molecule has 1 N–H and O–H groups in total. The van der Waals surface area contributed by atoms with Gasteiger partial charge < -0.3 is 5.11 Å². The predicted molar refractivity (Wildman–Crippen MR) is 58.9 cm³/mol. The molecule has 0 bridgehead atoms. The topological polar surface area (TPSA) is 40.5 Å². The van der Waals surface area contributed by atoms with E-state index in [4.69, 9.17) is 5.11 Å². The Labute approximate surface area is 91.5 Å². The van der Waals surface area contributed by atoms with E-state index >= 15 is 0 Å². The Morgan fingerprint density at radius 1 is 1.13 bits per heavy atom. The van der Waals surface area contributed by atoms with Crippen LogP contribution in [0.25, 0.3) is 0 Å². The molecule has 2 rings (SSSR count). The first-order valence-electron chi connectivity index (χ1n) is 6.25. The summed E-state index contributed by atoms with van der Waals surface area (Å²) in [6.45, 7) is 1.13. The van der Waals surface area contributed by atoms with Crippen LogP contribution in [0.1, 0.15) is 51.4 Å². The smallest absolute Gasteiger partial charge is 0.304 e. The van der Waals surface area contributed by atoms with Crippen LogP contribution < -0.4 is 0 Å². The minimum atomic E-state index is -0.633. The molecule has 2 fully saturated rings. The van der Waals surface area contributed by atoms with E-state index in [1.54, 1.807) is 0 Å². The Morgan fingerprint density at radius 3 is 2.53 bits per heavy atom. The van der Waals surface area contributed by atoms with Gasteiger partial charge in [-0.1, -0.05) is 19.3 Å². The van der Waals surface area contributed by atoms with Gasteiger partial charge in [-0.2, -0.15) is 0 Å². The number of hydrogen-bond donors (Lipinski definition) is 1. The first kappa shape index (κ1) is 10.9. The maximum atomic E-state index is 10.8.